The second-order valence-corrected chi connectivity index (χ2v) is 7.82. The first-order valence-corrected chi connectivity index (χ1v) is 9.39. The van der Waals surface area contributed by atoms with Crippen molar-refractivity contribution in [3.05, 3.63) is 0 Å². The molecule has 110 valence electrons. The Labute approximate surface area is 127 Å². The molecule has 2 aliphatic heterocycles. The van der Waals surface area contributed by atoms with Gasteiger partial charge in [0.25, 0.3) is 0 Å². The quantitative estimate of drug-likeness (QED) is 0.731. The monoisotopic (exact) mass is 328 g/mol. The first-order valence-electron chi connectivity index (χ1n) is 8.26. The Bertz CT molecular complexity index is 301. The number of piperazine rings is 1. The molecule has 0 N–H and O–H groups in total. The molecule has 3 aliphatic rings. The summed E-state index contributed by atoms with van der Waals surface area (Å²) in [4.78, 5) is 5.58. The van der Waals surface area contributed by atoms with Crippen LogP contribution in [0.3, 0.4) is 0 Å². The lowest BCUT2D eigenvalue weighted by molar-refractivity contribution is -0.00271. The number of rotatable bonds is 3. The summed E-state index contributed by atoms with van der Waals surface area (Å²) in [6.45, 7) is 7.77. The minimum absolute atomic E-state index is 0.588. The largest absolute Gasteiger partial charge is 0.298 e. The Kier molecular flexibility index (Phi) is 4.55. The number of nitrogens with zero attached hydrogens (tertiary/aromatic N) is 2. The van der Waals surface area contributed by atoms with Crippen molar-refractivity contribution in [1.82, 2.24) is 9.80 Å². The Hall–Kier alpha value is 0.400. The van der Waals surface area contributed by atoms with E-state index in [4.69, 9.17) is 0 Å². The number of hydrogen-bond acceptors (Lipinski definition) is 2. The fourth-order valence-electron chi connectivity index (χ4n) is 4.52. The van der Waals surface area contributed by atoms with E-state index >= 15 is 0 Å². The van der Waals surface area contributed by atoms with Gasteiger partial charge in [-0.1, -0.05) is 35.2 Å². The van der Waals surface area contributed by atoms with E-state index in [-0.39, 0.29) is 0 Å². The van der Waals surface area contributed by atoms with Crippen LogP contribution in [0.2, 0.25) is 0 Å². The zero-order valence-corrected chi connectivity index (χ0v) is 14.0. The summed E-state index contributed by atoms with van der Waals surface area (Å²) >= 11 is 3.81. The van der Waals surface area contributed by atoms with Crippen molar-refractivity contribution in [2.45, 2.75) is 64.0 Å². The summed E-state index contributed by atoms with van der Waals surface area (Å²) in [6, 6.07) is 1.62. The van der Waals surface area contributed by atoms with Crippen molar-refractivity contribution < 1.29 is 0 Å². The normalized spacial score (nSPS) is 36.3. The SMILES string of the molecule is CC1CN2CCCCC2CN1CC1(CBr)CCCC1. The van der Waals surface area contributed by atoms with E-state index < -0.39 is 0 Å². The van der Waals surface area contributed by atoms with Gasteiger partial charge in [0.1, 0.15) is 0 Å². The molecule has 0 spiro atoms. The van der Waals surface area contributed by atoms with Gasteiger partial charge in [0.15, 0.2) is 0 Å². The molecule has 2 heterocycles. The van der Waals surface area contributed by atoms with E-state index in [0.717, 1.165) is 12.1 Å². The van der Waals surface area contributed by atoms with Crippen LogP contribution in [0.4, 0.5) is 0 Å². The smallest absolute Gasteiger partial charge is 0.0223 e. The molecule has 2 saturated heterocycles. The lowest BCUT2D eigenvalue weighted by Gasteiger charge is -2.49. The molecule has 0 aromatic rings. The minimum atomic E-state index is 0.588. The van der Waals surface area contributed by atoms with E-state index in [1.165, 1.54) is 76.5 Å². The number of fused-ring (bicyclic) bond motifs is 1. The van der Waals surface area contributed by atoms with Crippen molar-refractivity contribution >= 4 is 15.9 Å². The molecular formula is C16H29BrN2. The maximum atomic E-state index is 3.81. The molecule has 19 heavy (non-hydrogen) atoms. The molecule has 0 bridgehead atoms. The Balaban J connectivity index is 1.63. The zero-order chi connectivity index (χ0) is 13.3. The van der Waals surface area contributed by atoms with Crippen LogP contribution in [0.25, 0.3) is 0 Å². The van der Waals surface area contributed by atoms with Gasteiger partial charge in [-0.3, -0.25) is 9.80 Å². The fourth-order valence-corrected chi connectivity index (χ4v) is 5.26. The predicted octanol–water partition coefficient (Wildman–Crippen LogP) is 3.50. The van der Waals surface area contributed by atoms with Gasteiger partial charge in [-0.05, 0) is 44.6 Å². The number of piperidine rings is 1. The van der Waals surface area contributed by atoms with Gasteiger partial charge in [-0.15, -0.1) is 0 Å². The molecule has 2 unspecified atom stereocenters. The first kappa shape index (κ1) is 14.3. The van der Waals surface area contributed by atoms with E-state index in [9.17, 15) is 0 Å². The summed E-state index contributed by atoms with van der Waals surface area (Å²) < 4.78 is 0. The van der Waals surface area contributed by atoms with Gasteiger partial charge in [0.05, 0.1) is 0 Å². The first-order chi connectivity index (χ1) is 9.22. The average molecular weight is 329 g/mol. The molecule has 3 fully saturated rings. The van der Waals surface area contributed by atoms with Crippen molar-refractivity contribution in [1.29, 1.82) is 0 Å². The molecule has 0 aromatic heterocycles. The average Bonchev–Trinajstić information content (AvgIpc) is 2.89. The Morgan fingerprint density at radius 3 is 2.63 bits per heavy atom. The summed E-state index contributed by atoms with van der Waals surface area (Å²) in [6.07, 6.45) is 10.1. The third-order valence-electron chi connectivity index (χ3n) is 5.80. The second kappa shape index (κ2) is 6.03. The molecule has 3 rings (SSSR count). The summed E-state index contributed by atoms with van der Waals surface area (Å²) in [7, 11) is 0. The van der Waals surface area contributed by atoms with Crippen LogP contribution >= 0.6 is 15.9 Å². The zero-order valence-electron chi connectivity index (χ0n) is 12.4. The Morgan fingerprint density at radius 2 is 1.89 bits per heavy atom. The third-order valence-corrected chi connectivity index (χ3v) is 6.99. The van der Waals surface area contributed by atoms with Gasteiger partial charge in [-0.25, -0.2) is 0 Å². The third kappa shape index (κ3) is 3.03. The molecule has 0 aromatic carbocycles. The topological polar surface area (TPSA) is 6.48 Å². The molecule has 3 heteroatoms. The van der Waals surface area contributed by atoms with Crippen molar-refractivity contribution in [2.24, 2.45) is 5.41 Å². The summed E-state index contributed by atoms with van der Waals surface area (Å²) in [5, 5.41) is 1.21. The van der Waals surface area contributed by atoms with Gasteiger partial charge in [0, 0.05) is 37.0 Å². The lowest BCUT2D eigenvalue weighted by atomic mass is 9.86. The van der Waals surface area contributed by atoms with E-state index in [0.29, 0.717) is 5.41 Å². The van der Waals surface area contributed by atoms with Crippen LogP contribution in [0.5, 0.6) is 0 Å². The van der Waals surface area contributed by atoms with E-state index in [1.54, 1.807) is 0 Å². The maximum absolute atomic E-state index is 3.81. The van der Waals surface area contributed by atoms with E-state index in [2.05, 4.69) is 32.7 Å². The second-order valence-electron chi connectivity index (χ2n) is 7.26. The molecular weight excluding hydrogens is 300 g/mol. The van der Waals surface area contributed by atoms with Gasteiger partial charge in [-0.2, -0.15) is 0 Å². The van der Waals surface area contributed by atoms with E-state index in [1.807, 2.05) is 0 Å². The number of alkyl halides is 1. The minimum Gasteiger partial charge on any atom is -0.298 e. The molecule has 1 saturated carbocycles. The number of halogens is 1. The van der Waals surface area contributed by atoms with Crippen LogP contribution in [-0.4, -0.2) is 53.4 Å². The highest BCUT2D eigenvalue weighted by Crippen LogP contribution is 2.41. The van der Waals surface area contributed by atoms with Crippen LogP contribution in [-0.2, 0) is 0 Å². The lowest BCUT2D eigenvalue weighted by Crippen LogP contribution is -2.60. The highest BCUT2D eigenvalue weighted by molar-refractivity contribution is 9.09. The van der Waals surface area contributed by atoms with Gasteiger partial charge in [0.2, 0.25) is 0 Å². The fraction of sp³-hybridized carbons (Fsp3) is 1.00. The standard InChI is InChI=1S/C16H29BrN2/c1-14-10-18-9-5-2-6-15(18)11-19(14)13-16(12-17)7-3-4-8-16/h14-15H,2-13H2,1H3. The van der Waals surface area contributed by atoms with Crippen LogP contribution in [0.15, 0.2) is 0 Å². The summed E-state index contributed by atoms with van der Waals surface area (Å²) in [5.41, 5.74) is 0.588. The molecule has 2 nitrogen and oxygen atoms in total. The highest BCUT2D eigenvalue weighted by Gasteiger charge is 2.39. The molecule has 0 radical (unpaired) electrons. The van der Waals surface area contributed by atoms with Gasteiger partial charge >= 0.3 is 0 Å². The highest BCUT2D eigenvalue weighted by atomic mass is 79.9. The molecule has 2 atom stereocenters. The molecule has 1 aliphatic carbocycles. The number of hydrogen-bond donors (Lipinski definition) is 0. The van der Waals surface area contributed by atoms with Crippen LogP contribution in [0, 0.1) is 5.41 Å². The molecule has 0 amide bonds. The van der Waals surface area contributed by atoms with Crippen molar-refractivity contribution in [3.8, 4) is 0 Å². The Morgan fingerprint density at radius 1 is 1.11 bits per heavy atom. The summed E-state index contributed by atoms with van der Waals surface area (Å²) in [5.74, 6) is 0. The van der Waals surface area contributed by atoms with Crippen LogP contribution in [0.1, 0.15) is 51.9 Å². The maximum Gasteiger partial charge on any atom is 0.0223 e. The van der Waals surface area contributed by atoms with Crippen molar-refractivity contribution in [3.63, 3.8) is 0 Å². The van der Waals surface area contributed by atoms with Crippen molar-refractivity contribution in [2.75, 3.05) is 31.5 Å². The predicted molar refractivity (Wildman–Crippen MR) is 84.9 cm³/mol. The van der Waals surface area contributed by atoms with Crippen LogP contribution < -0.4 is 0 Å². The van der Waals surface area contributed by atoms with Gasteiger partial charge < -0.3 is 0 Å².